The van der Waals surface area contributed by atoms with Crippen LogP contribution in [0.2, 0.25) is 0 Å². The lowest BCUT2D eigenvalue weighted by molar-refractivity contribution is 0.0957. The highest BCUT2D eigenvalue weighted by atomic mass is 127. The molecule has 0 aliphatic rings. The molecule has 0 fully saturated rings. The van der Waals surface area contributed by atoms with E-state index in [0.717, 1.165) is 17.8 Å². The number of hydrogen-bond donors (Lipinski definition) is 3. The Morgan fingerprint density at radius 2 is 1.90 bits per heavy atom. The van der Waals surface area contributed by atoms with Crippen molar-refractivity contribution in [1.29, 1.82) is 0 Å². The van der Waals surface area contributed by atoms with Crippen LogP contribution >= 0.6 is 35.3 Å². The largest absolute Gasteiger partial charge is 0.489 e. The van der Waals surface area contributed by atoms with E-state index in [2.05, 4.69) is 20.9 Å². The molecule has 6 nitrogen and oxygen atoms in total. The van der Waals surface area contributed by atoms with Crippen LogP contribution in [0.3, 0.4) is 0 Å². The van der Waals surface area contributed by atoms with Crippen LogP contribution in [0, 0.1) is 5.82 Å². The summed E-state index contributed by atoms with van der Waals surface area (Å²) in [5.41, 5.74) is 0. The van der Waals surface area contributed by atoms with Gasteiger partial charge in [-0.15, -0.1) is 35.3 Å². The van der Waals surface area contributed by atoms with Crippen molar-refractivity contribution in [3.8, 4) is 5.75 Å². The lowest BCUT2D eigenvalue weighted by Gasteiger charge is -2.15. The zero-order valence-electron chi connectivity index (χ0n) is 16.6. The average molecular weight is 534 g/mol. The topological polar surface area (TPSA) is 74.8 Å². The van der Waals surface area contributed by atoms with Crippen LogP contribution in [0.15, 0.2) is 46.8 Å². The maximum atomic E-state index is 12.9. The summed E-state index contributed by atoms with van der Waals surface area (Å²) < 4.78 is 18.7. The number of hydrogen-bond acceptors (Lipinski definition) is 4. The molecule has 0 aliphatic carbocycles. The number of aliphatic imine (C=N–C) groups is 1. The SMILES string of the molecule is CCNC(=NCC(C)Oc1ccc(F)cc1)NCCCNC(=O)c1cccs1.I. The fraction of sp³-hybridized carbons (Fsp3) is 0.400. The fourth-order valence-electron chi connectivity index (χ4n) is 2.34. The second kappa shape index (κ2) is 14.2. The molecule has 0 radical (unpaired) electrons. The molecule has 0 saturated carbocycles. The van der Waals surface area contributed by atoms with E-state index in [1.807, 2.05) is 31.4 Å². The van der Waals surface area contributed by atoms with Gasteiger partial charge in [-0.3, -0.25) is 4.79 Å². The van der Waals surface area contributed by atoms with Crippen molar-refractivity contribution in [1.82, 2.24) is 16.0 Å². The first-order valence-corrected chi connectivity index (χ1v) is 10.2. The molecule has 0 bridgehead atoms. The molecule has 29 heavy (non-hydrogen) atoms. The summed E-state index contributed by atoms with van der Waals surface area (Å²) in [6.45, 7) is 6.39. The molecular formula is C20H28FIN4O2S. The van der Waals surface area contributed by atoms with Crippen LogP contribution in [0.4, 0.5) is 4.39 Å². The van der Waals surface area contributed by atoms with E-state index in [9.17, 15) is 9.18 Å². The Bertz CT molecular complexity index is 741. The fourth-order valence-corrected chi connectivity index (χ4v) is 2.98. The summed E-state index contributed by atoms with van der Waals surface area (Å²) in [4.78, 5) is 17.1. The number of carbonyl (C=O) groups is 1. The zero-order chi connectivity index (χ0) is 20.2. The lowest BCUT2D eigenvalue weighted by Crippen LogP contribution is -2.39. The first kappa shape index (κ1) is 25.2. The second-order valence-corrected chi connectivity index (χ2v) is 7.06. The summed E-state index contributed by atoms with van der Waals surface area (Å²) in [6, 6.07) is 9.61. The zero-order valence-corrected chi connectivity index (χ0v) is 19.8. The molecule has 0 spiro atoms. The normalized spacial score (nSPS) is 11.9. The Morgan fingerprint density at radius 3 is 2.55 bits per heavy atom. The van der Waals surface area contributed by atoms with Crippen molar-refractivity contribution >= 4 is 47.2 Å². The molecule has 1 atom stereocenters. The van der Waals surface area contributed by atoms with Crippen LogP contribution in [0.5, 0.6) is 5.75 Å². The highest BCUT2D eigenvalue weighted by molar-refractivity contribution is 14.0. The van der Waals surface area contributed by atoms with Crippen molar-refractivity contribution in [3.63, 3.8) is 0 Å². The third kappa shape index (κ3) is 9.93. The Labute approximate surface area is 192 Å². The number of guanidine groups is 1. The number of thiophene rings is 1. The lowest BCUT2D eigenvalue weighted by atomic mass is 10.3. The minimum Gasteiger partial charge on any atom is -0.489 e. The third-order valence-electron chi connectivity index (χ3n) is 3.68. The van der Waals surface area contributed by atoms with Gasteiger partial charge in [0.15, 0.2) is 5.96 Å². The molecule has 1 aromatic heterocycles. The van der Waals surface area contributed by atoms with Gasteiger partial charge in [0.05, 0.1) is 11.4 Å². The highest BCUT2D eigenvalue weighted by Gasteiger charge is 2.06. The Balaban J connectivity index is 0.00000420. The minimum absolute atomic E-state index is 0. The van der Waals surface area contributed by atoms with E-state index in [0.29, 0.717) is 31.3 Å². The van der Waals surface area contributed by atoms with E-state index in [-0.39, 0.29) is 41.8 Å². The number of ether oxygens (including phenoxy) is 1. The number of benzene rings is 1. The first-order valence-electron chi connectivity index (χ1n) is 9.34. The quantitative estimate of drug-likeness (QED) is 0.188. The summed E-state index contributed by atoms with van der Waals surface area (Å²) in [6.07, 6.45) is 0.634. The molecular weight excluding hydrogens is 506 g/mol. The minimum atomic E-state index is -0.289. The van der Waals surface area contributed by atoms with E-state index in [1.54, 1.807) is 12.1 Å². The Kier molecular flexibility index (Phi) is 12.3. The predicted octanol–water partition coefficient (Wildman–Crippen LogP) is 3.65. The smallest absolute Gasteiger partial charge is 0.261 e. The van der Waals surface area contributed by atoms with Crippen molar-refractivity contribution in [3.05, 3.63) is 52.5 Å². The summed E-state index contributed by atoms with van der Waals surface area (Å²) in [7, 11) is 0. The summed E-state index contributed by atoms with van der Waals surface area (Å²) in [5.74, 6) is 0.982. The monoisotopic (exact) mass is 534 g/mol. The summed E-state index contributed by atoms with van der Waals surface area (Å²) >= 11 is 1.43. The van der Waals surface area contributed by atoms with Gasteiger partial charge in [-0.1, -0.05) is 6.07 Å². The van der Waals surface area contributed by atoms with Crippen LogP contribution in [0.1, 0.15) is 29.9 Å². The second-order valence-electron chi connectivity index (χ2n) is 6.12. The van der Waals surface area contributed by atoms with Gasteiger partial charge in [-0.2, -0.15) is 0 Å². The third-order valence-corrected chi connectivity index (χ3v) is 4.55. The van der Waals surface area contributed by atoms with Gasteiger partial charge in [0, 0.05) is 19.6 Å². The standard InChI is InChI=1S/C20H27FN4O2S.HI/c1-3-22-20(24-12-5-11-23-19(26)18-6-4-13-28-18)25-14-15(2)27-17-9-7-16(21)8-10-17;/h4,6-10,13,15H,3,5,11-12,14H2,1-2H3,(H,23,26)(H2,22,24,25);1H. The summed E-state index contributed by atoms with van der Waals surface area (Å²) in [5, 5.41) is 11.2. The van der Waals surface area contributed by atoms with E-state index < -0.39 is 0 Å². The van der Waals surface area contributed by atoms with Gasteiger partial charge >= 0.3 is 0 Å². The van der Waals surface area contributed by atoms with Crippen LogP contribution in [0.25, 0.3) is 0 Å². The van der Waals surface area contributed by atoms with Crippen molar-refractivity contribution in [2.24, 2.45) is 4.99 Å². The van der Waals surface area contributed by atoms with Gasteiger partial charge in [0.25, 0.3) is 5.91 Å². The van der Waals surface area contributed by atoms with E-state index in [1.165, 1.54) is 23.5 Å². The van der Waals surface area contributed by atoms with Crippen molar-refractivity contribution in [2.75, 3.05) is 26.2 Å². The molecule has 2 rings (SSSR count). The molecule has 160 valence electrons. The number of nitrogens with one attached hydrogen (secondary N) is 3. The molecule has 3 N–H and O–H groups in total. The molecule has 0 saturated heterocycles. The van der Waals surface area contributed by atoms with Crippen LogP contribution in [-0.2, 0) is 0 Å². The Morgan fingerprint density at radius 1 is 1.17 bits per heavy atom. The Hall–Kier alpha value is -1.88. The van der Waals surface area contributed by atoms with E-state index in [4.69, 9.17) is 4.74 Å². The van der Waals surface area contributed by atoms with Gasteiger partial charge < -0.3 is 20.7 Å². The predicted molar refractivity (Wildman–Crippen MR) is 127 cm³/mol. The first-order chi connectivity index (χ1) is 13.6. The number of amides is 1. The molecule has 1 aromatic carbocycles. The molecule has 2 aromatic rings. The number of rotatable bonds is 10. The van der Waals surface area contributed by atoms with Gasteiger partial charge in [-0.05, 0) is 56.0 Å². The molecule has 9 heteroatoms. The number of halogens is 2. The van der Waals surface area contributed by atoms with Crippen LogP contribution in [-0.4, -0.2) is 44.1 Å². The molecule has 0 aliphatic heterocycles. The number of carbonyl (C=O) groups excluding carboxylic acids is 1. The molecule has 1 heterocycles. The average Bonchev–Trinajstić information content (AvgIpc) is 3.22. The number of nitrogens with zero attached hydrogens (tertiary/aromatic N) is 1. The molecule has 1 unspecified atom stereocenters. The van der Waals surface area contributed by atoms with Crippen molar-refractivity contribution in [2.45, 2.75) is 26.4 Å². The van der Waals surface area contributed by atoms with Gasteiger partial charge in [-0.25, -0.2) is 9.38 Å². The molecule has 1 amide bonds. The van der Waals surface area contributed by atoms with Gasteiger partial charge in [0.1, 0.15) is 17.7 Å². The maximum absolute atomic E-state index is 12.9. The van der Waals surface area contributed by atoms with Crippen LogP contribution < -0.4 is 20.7 Å². The van der Waals surface area contributed by atoms with E-state index >= 15 is 0 Å². The highest BCUT2D eigenvalue weighted by Crippen LogP contribution is 2.13. The maximum Gasteiger partial charge on any atom is 0.261 e. The van der Waals surface area contributed by atoms with Crippen molar-refractivity contribution < 1.29 is 13.9 Å². The van der Waals surface area contributed by atoms with Gasteiger partial charge in [0.2, 0.25) is 0 Å².